The maximum atomic E-state index is 5.38. The SMILES string of the molecule is CNCCC1CCCCN1C1CC(OC)C1. The molecule has 1 saturated carbocycles. The van der Waals surface area contributed by atoms with Crippen LogP contribution in [0.2, 0.25) is 0 Å². The summed E-state index contributed by atoms with van der Waals surface area (Å²) >= 11 is 0. The van der Waals surface area contributed by atoms with Gasteiger partial charge in [-0.25, -0.2) is 0 Å². The Balaban J connectivity index is 1.80. The number of nitrogens with one attached hydrogen (secondary N) is 1. The predicted molar refractivity (Wildman–Crippen MR) is 66.7 cm³/mol. The monoisotopic (exact) mass is 226 g/mol. The van der Waals surface area contributed by atoms with Crippen molar-refractivity contribution >= 4 is 0 Å². The number of hydrogen-bond donors (Lipinski definition) is 1. The van der Waals surface area contributed by atoms with Gasteiger partial charge in [0.2, 0.25) is 0 Å². The van der Waals surface area contributed by atoms with Crippen molar-refractivity contribution in [3.63, 3.8) is 0 Å². The van der Waals surface area contributed by atoms with Crippen LogP contribution in [0.4, 0.5) is 0 Å². The summed E-state index contributed by atoms with van der Waals surface area (Å²) in [6, 6.07) is 1.64. The van der Waals surface area contributed by atoms with E-state index in [2.05, 4.69) is 17.3 Å². The molecule has 1 aliphatic carbocycles. The van der Waals surface area contributed by atoms with Gasteiger partial charge >= 0.3 is 0 Å². The van der Waals surface area contributed by atoms with Gasteiger partial charge in [-0.2, -0.15) is 0 Å². The Kier molecular flexibility index (Phi) is 4.62. The van der Waals surface area contributed by atoms with E-state index in [0.717, 1.165) is 18.6 Å². The molecular formula is C13H26N2O. The van der Waals surface area contributed by atoms with Gasteiger partial charge in [0.1, 0.15) is 0 Å². The lowest BCUT2D eigenvalue weighted by Crippen LogP contribution is -2.54. The molecule has 2 rings (SSSR count). The summed E-state index contributed by atoms with van der Waals surface area (Å²) in [7, 11) is 3.90. The van der Waals surface area contributed by atoms with E-state index in [-0.39, 0.29) is 0 Å². The molecule has 2 aliphatic rings. The minimum absolute atomic E-state index is 0.539. The lowest BCUT2D eigenvalue weighted by atomic mass is 9.84. The minimum atomic E-state index is 0.539. The molecule has 1 unspecified atom stereocenters. The summed E-state index contributed by atoms with van der Waals surface area (Å²) in [4.78, 5) is 2.76. The summed E-state index contributed by atoms with van der Waals surface area (Å²) in [5, 5.41) is 3.28. The summed E-state index contributed by atoms with van der Waals surface area (Å²) < 4.78 is 5.38. The maximum Gasteiger partial charge on any atom is 0.0601 e. The second kappa shape index (κ2) is 5.99. The Morgan fingerprint density at radius 1 is 1.31 bits per heavy atom. The first-order chi connectivity index (χ1) is 7.85. The van der Waals surface area contributed by atoms with Crippen molar-refractivity contribution in [2.75, 3.05) is 27.2 Å². The fraction of sp³-hybridized carbons (Fsp3) is 1.00. The molecule has 3 nitrogen and oxygen atoms in total. The van der Waals surface area contributed by atoms with Crippen LogP contribution in [0, 0.1) is 0 Å². The number of piperidine rings is 1. The molecule has 0 bridgehead atoms. The molecule has 1 heterocycles. The van der Waals surface area contributed by atoms with E-state index < -0.39 is 0 Å². The third-order valence-electron chi connectivity index (χ3n) is 4.27. The standard InChI is InChI=1S/C13H26N2O/c1-14-7-6-11-5-3-4-8-15(11)12-9-13(10-12)16-2/h11-14H,3-10H2,1-2H3. The molecule has 0 radical (unpaired) electrons. The Bertz CT molecular complexity index is 204. The van der Waals surface area contributed by atoms with Crippen molar-refractivity contribution in [3.8, 4) is 0 Å². The van der Waals surface area contributed by atoms with E-state index in [0.29, 0.717) is 6.10 Å². The molecule has 1 N–H and O–H groups in total. The van der Waals surface area contributed by atoms with E-state index in [9.17, 15) is 0 Å². The zero-order chi connectivity index (χ0) is 11.4. The molecule has 3 heteroatoms. The Hall–Kier alpha value is -0.120. The van der Waals surface area contributed by atoms with Crippen LogP contribution in [0.5, 0.6) is 0 Å². The van der Waals surface area contributed by atoms with Crippen LogP contribution in [0.15, 0.2) is 0 Å². The van der Waals surface area contributed by atoms with Gasteiger partial charge in [0.05, 0.1) is 6.10 Å². The molecule has 1 saturated heterocycles. The van der Waals surface area contributed by atoms with Gasteiger partial charge in [0.15, 0.2) is 0 Å². The lowest BCUT2D eigenvalue weighted by Gasteiger charge is -2.48. The van der Waals surface area contributed by atoms with Gasteiger partial charge in [-0.05, 0) is 52.2 Å². The molecule has 1 aliphatic heterocycles. The predicted octanol–water partition coefficient (Wildman–Crippen LogP) is 1.63. The highest BCUT2D eigenvalue weighted by Crippen LogP contribution is 2.33. The second-order valence-corrected chi connectivity index (χ2v) is 5.26. The highest BCUT2D eigenvalue weighted by Gasteiger charge is 2.37. The Morgan fingerprint density at radius 2 is 2.12 bits per heavy atom. The van der Waals surface area contributed by atoms with Gasteiger partial charge in [-0.3, -0.25) is 4.90 Å². The van der Waals surface area contributed by atoms with Crippen molar-refractivity contribution in [1.82, 2.24) is 10.2 Å². The normalized spacial score (nSPS) is 36.0. The molecule has 94 valence electrons. The quantitative estimate of drug-likeness (QED) is 0.771. The number of likely N-dealkylation sites (tertiary alicyclic amines) is 1. The van der Waals surface area contributed by atoms with Gasteiger partial charge in [0, 0.05) is 19.2 Å². The van der Waals surface area contributed by atoms with Gasteiger partial charge in [0.25, 0.3) is 0 Å². The average Bonchev–Trinajstić information content (AvgIpc) is 2.26. The zero-order valence-electron chi connectivity index (χ0n) is 10.7. The maximum absolute atomic E-state index is 5.38. The molecule has 2 fully saturated rings. The fourth-order valence-electron chi connectivity index (χ4n) is 3.13. The van der Waals surface area contributed by atoms with Crippen LogP contribution >= 0.6 is 0 Å². The van der Waals surface area contributed by atoms with Gasteiger partial charge in [-0.15, -0.1) is 0 Å². The smallest absolute Gasteiger partial charge is 0.0601 e. The van der Waals surface area contributed by atoms with E-state index in [1.165, 1.54) is 45.1 Å². The largest absolute Gasteiger partial charge is 0.381 e. The molecule has 0 spiro atoms. The van der Waals surface area contributed by atoms with Crippen LogP contribution in [0.3, 0.4) is 0 Å². The molecule has 1 atom stereocenters. The minimum Gasteiger partial charge on any atom is -0.381 e. The lowest BCUT2D eigenvalue weighted by molar-refractivity contribution is -0.0503. The summed E-state index contributed by atoms with van der Waals surface area (Å²) in [6.07, 6.45) is 8.58. The summed E-state index contributed by atoms with van der Waals surface area (Å²) in [6.45, 7) is 2.47. The number of methoxy groups -OCH3 is 1. The molecular weight excluding hydrogens is 200 g/mol. The number of hydrogen-bond acceptors (Lipinski definition) is 3. The Labute approximate surface area is 99.5 Å². The van der Waals surface area contributed by atoms with Crippen molar-refractivity contribution < 1.29 is 4.74 Å². The molecule has 0 aromatic heterocycles. The number of rotatable bonds is 5. The van der Waals surface area contributed by atoms with Crippen molar-refractivity contribution in [1.29, 1.82) is 0 Å². The fourth-order valence-corrected chi connectivity index (χ4v) is 3.13. The van der Waals surface area contributed by atoms with Gasteiger partial charge < -0.3 is 10.1 Å². The second-order valence-electron chi connectivity index (χ2n) is 5.26. The average molecular weight is 226 g/mol. The molecule has 16 heavy (non-hydrogen) atoms. The first-order valence-corrected chi connectivity index (χ1v) is 6.78. The van der Waals surface area contributed by atoms with Crippen molar-refractivity contribution in [2.24, 2.45) is 0 Å². The first-order valence-electron chi connectivity index (χ1n) is 6.78. The van der Waals surface area contributed by atoms with E-state index in [1.54, 1.807) is 0 Å². The third-order valence-corrected chi connectivity index (χ3v) is 4.27. The Morgan fingerprint density at radius 3 is 2.81 bits per heavy atom. The molecule has 0 aromatic rings. The summed E-state index contributed by atoms with van der Waals surface area (Å²) in [5.74, 6) is 0. The summed E-state index contributed by atoms with van der Waals surface area (Å²) in [5.41, 5.74) is 0. The molecule has 0 aromatic carbocycles. The number of ether oxygens (including phenoxy) is 1. The topological polar surface area (TPSA) is 24.5 Å². The van der Waals surface area contributed by atoms with E-state index in [4.69, 9.17) is 4.74 Å². The zero-order valence-corrected chi connectivity index (χ0v) is 10.7. The van der Waals surface area contributed by atoms with Crippen LogP contribution in [-0.4, -0.2) is 50.3 Å². The van der Waals surface area contributed by atoms with Crippen LogP contribution in [0.1, 0.15) is 38.5 Å². The molecule has 0 amide bonds. The van der Waals surface area contributed by atoms with Crippen LogP contribution in [0.25, 0.3) is 0 Å². The van der Waals surface area contributed by atoms with Crippen LogP contribution in [-0.2, 0) is 4.74 Å². The first kappa shape index (κ1) is 12.3. The highest BCUT2D eigenvalue weighted by molar-refractivity contribution is 4.92. The third kappa shape index (κ3) is 2.76. The van der Waals surface area contributed by atoms with Crippen molar-refractivity contribution in [2.45, 2.75) is 56.7 Å². The van der Waals surface area contributed by atoms with Gasteiger partial charge in [-0.1, -0.05) is 6.42 Å². The highest BCUT2D eigenvalue weighted by atomic mass is 16.5. The van der Waals surface area contributed by atoms with Crippen LogP contribution < -0.4 is 5.32 Å². The van der Waals surface area contributed by atoms with E-state index in [1.807, 2.05) is 7.11 Å². The van der Waals surface area contributed by atoms with E-state index >= 15 is 0 Å². The number of nitrogens with zero attached hydrogens (tertiary/aromatic N) is 1. The van der Waals surface area contributed by atoms with Crippen molar-refractivity contribution in [3.05, 3.63) is 0 Å².